The topological polar surface area (TPSA) is 40.5 Å². The first kappa shape index (κ1) is 12.9. The number of likely N-dealkylation sites (tertiary alicyclic amines) is 1. The summed E-state index contributed by atoms with van der Waals surface area (Å²) in [5.41, 5.74) is 0. The molecule has 3 nitrogen and oxygen atoms in total. The molecule has 1 aromatic heterocycles. The van der Waals surface area contributed by atoms with Crippen molar-refractivity contribution in [3.05, 3.63) is 22.4 Å². The van der Waals surface area contributed by atoms with Crippen LogP contribution in [-0.4, -0.2) is 40.9 Å². The lowest BCUT2D eigenvalue weighted by Gasteiger charge is -2.22. The van der Waals surface area contributed by atoms with E-state index in [-0.39, 0.29) is 18.6 Å². The summed E-state index contributed by atoms with van der Waals surface area (Å²) in [5.74, 6) is 1.60. The molecule has 1 atom stereocenters. The number of aliphatic hydroxyl groups excluding tert-OH is 1. The van der Waals surface area contributed by atoms with E-state index in [1.807, 2.05) is 11.0 Å². The second-order valence-corrected chi connectivity index (χ2v) is 6.16. The van der Waals surface area contributed by atoms with Crippen LogP contribution in [-0.2, 0) is 10.5 Å². The molecule has 1 aliphatic heterocycles. The molecule has 1 aromatic rings. The lowest BCUT2D eigenvalue weighted by atomic mass is 10.2. The van der Waals surface area contributed by atoms with Gasteiger partial charge in [-0.3, -0.25) is 4.79 Å². The van der Waals surface area contributed by atoms with Crippen LogP contribution in [0.25, 0.3) is 0 Å². The Labute approximate surface area is 110 Å². The van der Waals surface area contributed by atoms with Crippen molar-refractivity contribution in [1.29, 1.82) is 0 Å². The summed E-state index contributed by atoms with van der Waals surface area (Å²) in [6, 6.07) is 4.18. The zero-order valence-electron chi connectivity index (χ0n) is 9.67. The molecule has 0 radical (unpaired) electrons. The Morgan fingerprint density at radius 1 is 1.65 bits per heavy atom. The second-order valence-electron chi connectivity index (χ2n) is 4.14. The Balaban J connectivity index is 1.73. The van der Waals surface area contributed by atoms with E-state index in [0.717, 1.165) is 25.1 Å². The summed E-state index contributed by atoms with van der Waals surface area (Å²) in [7, 11) is 0. The van der Waals surface area contributed by atoms with Gasteiger partial charge in [-0.25, -0.2) is 0 Å². The van der Waals surface area contributed by atoms with Gasteiger partial charge in [0.25, 0.3) is 0 Å². The standard InChI is InChI=1S/C12H17NO2S2/c14-7-10-3-1-5-13(10)12(15)9-16-8-11-4-2-6-17-11/h2,4,6,10,14H,1,3,5,7-9H2/t10-/m0/s1. The molecule has 0 spiro atoms. The van der Waals surface area contributed by atoms with E-state index in [4.69, 9.17) is 5.11 Å². The van der Waals surface area contributed by atoms with Crippen molar-refractivity contribution in [3.8, 4) is 0 Å². The van der Waals surface area contributed by atoms with Gasteiger partial charge >= 0.3 is 0 Å². The molecular formula is C12H17NO2S2. The van der Waals surface area contributed by atoms with Crippen LogP contribution in [0, 0.1) is 0 Å². The molecule has 2 rings (SSSR count). The Morgan fingerprint density at radius 3 is 3.24 bits per heavy atom. The normalized spacial score (nSPS) is 19.8. The van der Waals surface area contributed by atoms with Crippen molar-refractivity contribution in [1.82, 2.24) is 4.90 Å². The molecule has 1 N–H and O–H groups in total. The highest BCUT2D eigenvalue weighted by Gasteiger charge is 2.27. The van der Waals surface area contributed by atoms with Crippen LogP contribution in [0.5, 0.6) is 0 Å². The van der Waals surface area contributed by atoms with E-state index < -0.39 is 0 Å². The summed E-state index contributed by atoms with van der Waals surface area (Å²) >= 11 is 3.38. The molecule has 1 amide bonds. The zero-order chi connectivity index (χ0) is 12.1. The lowest BCUT2D eigenvalue weighted by molar-refractivity contribution is -0.129. The summed E-state index contributed by atoms with van der Waals surface area (Å²) in [6.45, 7) is 0.908. The summed E-state index contributed by atoms with van der Waals surface area (Å²) < 4.78 is 0. The number of nitrogens with zero attached hydrogens (tertiary/aromatic N) is 1. The van der Waals surface area contributed by atoms with Crippen molar-refractivity contribution in [2.45, 2.75) is 24.6 Å². The Kier molecular flexibility index (Phi) is 4.88. The van der Waals surface area contributed by atoms with Gasteiger partial charge in [0.2, 0.25) is 5.91 Å². The number of carbonyl (C=O) groups excluding carboxylic acids is 1. The smallest absolute Gasteiger partial charge is 0.232 e. The molecule has 0 aromatic carbocycles. The molecule has 0 unspecified atom stereocenters. The van der Waals surface area contributed by atoms with Crippen molar-refractivity contribution in [2.75, 3.05) is 18.9 Å². The maximum Gasteiger partial charge on any atom is 0.232 e. The van der Waals surface area contributed by atoms with E-state index in [9.17, 15) is 4.79 Å². The van der Waals surface area contributed by atoms with Gasteiger partial charge in [-0.05, 0) is 24.3 Å². The molecule has 0 bridgehead atoms. The Morgan fingerprint density at radius 2 is 2.53 bits per heavy atom. The highest BCUT2D eigenvalue weighted by atomic mass is 32.2. The minimum Gasteiger partial charge on any atom is -0.394 e. The van der Waals surface area contributed by atoms with Crippen molar-refractivity contribution in [3.63, 3.8) is 0 Å². The molecule has 94 valence electrons. The number of rotatable bonds is 5. The van der Waals surface area contributed by atoms with Crippen LogP contribution in [0.2, 0.25) is 0 Å². The van der Waals surface area contributed by atoms with Gasteiger partial charge in [-0.2, -0.15) is 0 Å². The first-order valence-corrected chi connectivity index (χ1v) is 7.85. The minimum absolute atomic E-state index is 0.0600. The van der Waals surface area contributed by atoms with E-state index >= 15 is 0 Å². The SMILES string of the molecule is O=C(CSCc1cccs1)N1CCC[C@H]1CO. The fraction of sp³-hybridized carbons (Fsp3) is 0.583. The number of thiophene rings is 1. The van der Waals surface area contributed by atoms with Gasteiger partial charge in [0.15, 0.2) is 0 Å². The molecule has 0 saturated carbocycles. The van der Waals surface area contributed by atoms with Gasteiger partial charge in [-0.1, -0.05) is 6.07 Å². The predicted octanol–water partition coefficient (Wildman–Crippen LogP) is 1.96. The number of aliphatic hydroxyl groups is 1. The number of hydrogen-bond acceptors (Lipinski definition) is 4. The average molecular weight is 271 g/mol. The molecule has 1 aliphatic rings. The van der Waals surface area contributed by atoms with Gasteiger partial charge in [0, 0.05) is 17.2 Å². The monoisotopic (exact) mass is 271 g/mol. The van der Waals surface area contributed by atoms with Crippen molar-refractivity contribution in [2.24, 2.45) is 0 Å². The first-order chi connectivity index (χ1) is 8.31. The summed E-state index contributed by atoms with van der Waals surface area (Å²) in [6.07, 6.45) is 1.96. The van der Waals surface area contributed by atoms with Gasteiger partial charge < -0.3 is 10.0 Å². The molecular weight excluding hydrogens is 254 g/mol. The molecule has 1 fully saturated rings. The fourth-order valence-corrected chi connectivity index (χ4v) is 3.82. The Hall–Kier alpha value is -0.520. The van der Waals surface area contributed by atoms with Crippen LogP contribution in [0.3, 0.4) is 0 Å². The molecule has 2 heterocycles. The summed E-state index contributed by atoms with van der Waals surface area (Å²) in [5, 5.41) is 11.2. The van der Waals surface area contributed by atoms with Crippen LogP contribution < -0.4 is 0 Å². The third-order valence-corrected chi connectivity index (χ3v) is 4.98. The number of amides is 1. The zero-order valence-corrected chi connectivity index (χ0v) is 11.3. The van der Waals surface area contributed by atoms with E-state index in [1.165, 1.54) is 4.88 Å². The molecule has 1 saturated heterocycles. The van der Waals surface area contributed by atoms with Gasteiger partial charge in [-0.15, -0.1) is 23.1 Å². The van der Waals surface area contributed by atoms with Gasteiger partial charge in [0.1, 0.15) is 0 Å². The molecule has 5 heteroatoms. The summed E-state index contributed by atoms with van der Waals surface area (Å²) in [4.78, 5) is 15.1. The van der Waals surface area contributed by atoms with Crippen LogP contribution in [0.1, 0.15) is 17.7 Å². The maximum atomic E-state index is 11.9. The maximum absolute atomic E-state index is 11.9. The van der Waals surface area contributed by atoms with Crippen LogP contribution >= 0.6 is 23.1 Å². The third kappa shape index (κ3) is 3.47. The average Bonchev–Trinajstić information content (AvgIpc) is 2.99. The van der Waals surface area contributed by atoms with E-state index in [2.05, 4.69) is 11.4 Å². The molecule has 17 heavy (non-hydrogen) atoms. The first-order valence-electron chi connectivity index (χ1n) is 5.81. The van der Waals surface area contributed by atoms with Crippen molar-refractivity contribution >= 4 is 29.0 Å². The minimum atomic E-state index is 0.0600. The fourth-order valence-electron chi connectivity index (χ4n) is 2.07. The van der Waals surface area contributed by atoms with Crippen LogP contribution in [0.15, 0.2) is 17.5 Å². The predicted molar refractivity (Wildman–Crippen MR) is 72.3 cm³/mol. The largest absolute Gasteiger partial charge is 0.394 e. The van der Waals surface area contributed by atoms with Gasteiger partial charge in [0.05, 0.1) is 18.4 Å². The number of carbonyl (C=O) groups is 1. The number of hydrogen-bond donors (Lipinski definition) is 1. The molecule has 0 aliphatic carbocycles. The number of thioether (sulfide) groups is 1. The quantitative estimate of drug-likeness (QED) is 0.890. The lowest BCUT2D eigenvalue weighted by Crippen LogP contribution is -2.38. The third-order valence-electron chi connectivity index (χ3n) is 2.96. The highest BCUT2D eigenvalue weighted by Crippen LogP contribution is 2.21. The Bertz CT molecular complexity index is 353. The second kappa shape index (κ2) is 6.42. The van der Waals surface area contributed by atoms with Crippen LogP contribution in [0.4, 0.5) is 0 Å². The van der Waals surface area contributed by atoms with Crippen molar-refractivity contribution < 1.29 is 9.90 Å². The highest BCUT2D eigenvalue weighted by molar-refractivity contribution is 7.99. The van der Waals surface area contributed by atoms with E-state index in [0.29, 0.717) is 5.75 Å². The van der Waals surface area contributed by atoms with E-state index in [1.54, 1.807) is 23.1 Å².